The number of halogens is 2. The average Bonchev–Trinajstić information content (AvgIpc) is 2.12. The highest BCUT2D eigenvalue weighted by atomic mass is 35.5. The van der Waals surface area contributed by atoms with E-state index in [1.54, 1.807) is 0 Å². The van der Waals surface area contributed by atoms with E-state index in [0.29, 0.717) is 5.69 Å². The molecule has 0 bridgehead atoms. The van der Waals surface area contributed by atoms with Crippen LogP contribution in [0.25, 0.3) is 0 Å². The van der Waals surface area contributed by atoms with Gasteiger partial charge in [-0.05, 0) is 18.2 Å². The van der Waals surface area contributed by atoms with E-state index in [1.807, 2.05) is 0 Å². The molecule has 1 amide bonds. The maximum atomic E-state index is 12.7. The van der Waals surface area contributed by atoms with Crippen molar-refractivity contribution in [3.05, 3.63) is 33.9 Å². The third-order valence-electron chi connectivity index (χ3n) is 1.41. The highest BCUT2D eigenvalue weighted by molar-refractivity contribution is 6.31. The number of carbonyl (C=O) groups excluding carboxylic acids is 1. The number of anilines is 1. The maximum Gasteiger partial charge on any atom is 0.249 e. The fourth-order valence-electron chi connectivity index (χ4n) is 0.833. The molecule has 4 nitrogen and oxygen atoms in total. The lowest BCUT2D eigenvalue weighted by molar-refractivity contribution is -0.114. The molecule has 0 aliphatic heterocycles. The summed E-state index contributed by atoms with van der Waals surface area (Å²) in [4.78, 5) is 20.6. The van der Waals surface area contributed by atoms with E-state index in [0.717, 1.165) is 6.07 Å². The van der Waals surface area contributed by atoms with Crippen molar-refractivity contribution in [2.75, 3.05) is 11.9 Å². The highest BCUT2D eigenvalue weighted by Gasteiger charge is 2.04. The van der Waals surface area contributed by atoms with Crippen molar-refractivity contribution >= 4 is 23.2 Å². The largest absolute Gasteiger partial charge is 0.324 e. The molecule has 0 spiro atoms. The molecule has 0 fully saturated rings. The van der Waals surface area contributed by atoms with Crippen LogP contribution in [-0.2, 0) is 4.79 Å². The number of hydrogen-bond donors (Lipinski definition) is 1. The predicted molar refractivity (Wildman–Crippen MR) is 50.7 cm³/mol. The van der Waals surface area contributed by atoms with E-state index >= 15 is 0 Å². The first-order valence-corrected chi connectivity index (χ1v) is 4.05. The summed E-state index contributed by atoms with van der Waals surface area (Å²) in [5.41, 5.74) is 0.324. The van der Waals surface area contributed by atoms with Gasteiger partial charge in [0.2, 0.25) is 5.91 Å². The fourth-order valence-corrected chi connectivity index (χ4v) is 1.01. The molecule has 6 heteroatoms. The molecule has 14 heavy (non-hydrogen) atoms. The van der Waals surface area contributed by atoms with E-state index in [-0.39, 0.29) is 5.02 Å². The van der Waals surface area contributed by atoms with Gasteiger partial charge < -0.3 is 5.32 Å². The lowest BCUT2D eigenvalue weighted by Crippen LogP contribution is -2.14. The summed E-state index contributed by atoms with van der Waals surface area (Å²) in [6.45, 7) is -0.477. The fraction of sp³-hybridized carbons (Fsp3) is 0.125. The zero-order valence-corrected chi connectivity index (χ0v) is 7.71. The van der Waals surface area contributed by atoms with Crippen molar-refractivity contribution in [1.82, 2.24) is 0 Å². The number of nitroso groups, excluding NO2 is 1. The van der Waals surface area contributed by atoms with Gasteiger partial charge in [0.25, 0.3) is 0 Å². The molecular formula is C8H6ClFN2O2. The van der Waals surface area contributed by atoms with Crippen LogP contribution in [0.3, 0.4) is 0 Å². The summed E-state index contributed by atoms with van der Waals surface area (Å²) in [7, 11) is 0. The van der Waals surface area contributed by atoms with Crippen molar-refractivity contribution in [3.63, 3.8) is 0 Å². The van der Waals surface area contributed by atoms with Gasteiger partial charge in [-0.15, -0.1) is 0 Å². The molecule has 0 atom stereocenters. The van der Waals surface area contributed by atoms with Gasteiger partial charge >= 0.3 is 0 Å². The molecular weight excluding hydrogens is 211 g/mol. The molecule has 1 N–H and O–H groups in total. The second kappa shape index (κ2) is 4.66. The summed E-state index contributed by atoms with van der Waals surface area (Å²) in [5, 5.41) is 4.63. The summed E-state index contributed by atoms with van der Waals surface area (Å²) in [6, 6.07) is 3.70. The Balaban J connectivity index is 2.72. The molecule has 1 aromatic carbocycles. The molecule has 1 rings (SSSR count). The lowest BCUT2D eigenvalue weighted by atomic mass is 10.3. The molecule has 0 aromatic heterocycles. The first-order valence-electron chi connectivity index (χ1n) is 3.67. The second-order valence-electron chi connectivity index (χ2n) is 2.46. The van der Waals surface area contributed by atoms with Crippen molar-refractivity contribution in [1.29, 1.82) is 0 Å². The Hall–Kier alpha value is -1.49. The smallest absolute Gasteiger partial charge is 0.249 e. The topological polar surface area (TPSA) is 58.5 Å². The number of amides is 1. The van der Waals surface area contributed by atoms with Crippen LogP contribution in [-0.4, -0.2) is 12.5 Å². The van der Waals surface area contributed by atoms with Crippen LogP contribution in [0.5, 0.6) is 0 Å². The first kappa shape index (κ1) is 10.6. The molecule has 0 radical (unpaired) electrons. The minimum atomic E-state index is -0.571. The van der Waals surface area contributed by atoms with E-state index in [9.17, 15) is 14.1 Å². The highest BCUT2D eigenvalue weighted by Crippen LogP contribution is 2.19. The molecule has 1 aromatic rings. The zero-order chi connectivity index (χ0) is 10.6. The standard InChI is InChI=1S/C8H6ClFN2O2/c9-6-3-5(1-2-7(6)10)12-8(13)4-11-14/h1-3H,4H2,(H,12,13). The molecule has 0 saturated heterocycles. The van der Waals surface area contributed by atoms with E-state index in [2.05, 4.69) is 10.5 Å². The van der Waals surface area contributed by atoms with Crippen molar-refractivity contribution in [2.24, 2.45) is 5.18 Å². The second-order valence-corrected chi connectivity index (χ2v) is 2.87. The number of rotatable bonds is 3. The zero-order valence-electron chi connectivity index (χ0n) is 6.96. The van der Waals surface area contributed by atoms with Crippen LogP contribution < -0.4 is 5.32 Å². The van der Waals surface area contributed by atoms with E-state index < -0.39 is 18.3 Å². The van der Waals surface area contributed by atoms with Crippen LogP contribution in [0.15, 0.2) is 23.4 Å². The Morgan fingerprint density at radius 2 is 2.29 bits per heavy atom. The molecule has 74 valence electrons. The van der Waals surface area contributed by atoms with Crippen molar-refractivity contribution in [2.45, 2.75) is 0 Å². The normalized spacial score (nSPS) is 9.57. The molecule has 0 aliphatic rings. The summed E-state index contributed by atoms with van der Waals surface area (Å²) in [5.74, 6) is -1.14. The molecule has 0 saturated carbocycles. The van der Waals surface area contributed by atoms with Crippen molar-refractivity contribution in [3.8, 4) is 0 Å². The van der Waals surface area contributed by atoms with Crippen LogP contribution in [0.4, 0.5) is 10.1 Å². The third-order valence-corrected chi connectivity index (χ3v) is 1.70. The minimum absolute atomic E-state index is 0.0955. The van der Waals surface area contributed by atoms with Gasteiger partial charge in [0.1, 0.15) is 5.82 Å². The van der Waals surface area contributed by atoms with Crippen LogP contribution in [0.1, 0.15) is 0 Å². The van der Waals surface area contributed by atoms with Gasteiger partial charge in [-0.1, -0.05) is 16.8 Å². The summed E-state index contributed by atoms with van der Waals surface area (Å²) >= 11 is 5.46. The Bertz CT molecular complexity index is 370. The predicted octanol–water partition coefficient (Wildman–Crippen LogP) is 2.18. The lowest BCUT2D eigenvalue weighted by Gasteiger charge is -2.02. The van der Waals surface area contributed by atoms with Gasteiger partial charge in [-0.2, -0.15) is 4.91 Å². The van der Waals surface area contributed by atoms with Gasteiger partial charge in [-0.25, -0.2) is 4.39 Å². The maximum absolute atomic E-state index is 12.7. The third kappa shape index (κ3) is 2.77. The number of hydrogen-bond acceptors (Lipinski definition) is 3. The number of nitrogens with one attached hydrogen (secondary N) is 1. The quantitative estimate of drug-likeness (QED) is 0.788. The first-order chi connectivity index (χ1) is 6.63. The van der Waals surface area contributed by atoms with Gasteiger partial charge in [0.15, 0.2) is 6.54 Å². The van der Waals surface area contributed by atoms with Gasteiger partial charge in [0.05, 0.1) is 5.02 Å². The Morgan fingerprint density at radius 3 is 2.86 bits per heavy atom. The van der Waals surface area contributed by atoms with Crippen molar-refractivity contribution < 1.29 is 9.18 Å². The Kier molecular flexibility index (Phi) is 3.53. The summed E-state index contributed by atoms with van der Waals surface area (Å²) < 4.78 is 12.7. The van der Waals surface area contributed by atoms with Crippen LogP contribution in [0, 0.1) is 10.7 Å². The number of nitrogens with zero attached hydrogens (tertiary/aromatic N) is 1. The van der Waals surface area contributed by atoms with E-state index in [1.165, 1.54) is 12.1 Å². The minimum Gasteiger partial charge on any atom is -0.324 e. The SMILES string of the molecule is O=NCC(=O)Nc1ccc(F)c(Cl)c1. The number of carbonyl (C=O) groups is 1. The van der Waals surface area contributed by atoms with Gasteiger partial charge in [0, 0.05) is 5.69 Å². The monoisotopic (exact) mass is 216 g/mol. The molecule has 0 unspecified atom stereocenters. The van der Waals surface area contributed by atoms with Crippen LogP contribution in [0.2, 0.25) is 5.02 Å². The van der Waals surface area contributed by atoms with E-state index in [4.69, 9.17) is 11.6 Å². The molecule has 0 aliphatic carbocycles. The Morgan fingerprint density at radius 1 is 1.57 bits per heavy atom. The van der Waals surface area contributed by atoms with Gasteiger partial charge in [-0.3, -0.25) is 4.79 Å². The molecule has 0 heterocycles. The van der Waals surface area contributed by atoms with Crippen LogP contribution >= 0.6 is 11.6 Å². The average molecular weight is 217 g/mol. The summed E-state index contributed by atoms with van der Waals surface area (Å²) in [6.07, 6.45) is 0. The number of benzene rings is 1. The Labute approximate surface area is 84.0 Å².